The van der Waals surface area contributed by atoms with E-state index in [1.165, 1.54) is 19.6 Å². The Balaban J connectivity index is 1.25. The Morgan fingerprint density at radius 1 is 0.976 bits per heavy atom. The first-order chi connectivity index (χ1) is 19.7. The largest absolute Gasteiger partial charge is 0.490 e. The lowest BCUT2D eigenvalue weighted by Crippen LogP contribution is -2.09. The SMILES string of the molecule is COc1cnc(-c2c(OC(F)F)ncnc2C2CC2)nc1OCc1ccc(-c2nc(C(F)(F)F)cn2C2CC2)cc1. The van der Waals surface area contributed by atoms with E-state index in [9.17, 15) is 22.0 Å². The predicted octanol–water partition coefficient (Wildman–Crippen LogP) is 6.22. The van der Waals surface area contributed by atoms with E-state index in [4.69, 9.17) is 9.47 Å². The van der Waals surface area contributed by atoms with Crippen molar-refractivity contribution in [3.63, 3.8) is 0 Å². The van der Waals surface area contributed by atoms with Gasteiger partial charge in [0.2, 0.25) is 5.88 Å². The lowest BCUT2D eigenvalue weighted by molar-refractivity contribution is -0.140. The molecule has 0 atom stereocenters. The van der Waals surface area contributed by atoms with Gasteiger partial charge in [-0.2, -0.15) is 26.9 Å². The molecular weight excluding hydrogens is 551 g/mol. The smallest absolute Gasteiger partial charge is 0.434 e. The van der Waals surface area contributed by atoms with Crippen LogP contribution in [0.4, 0.5) is 22.0 Å². The minimum Gasteiger partial charge on any atom is -0.490 e. The van der Waals surface area contributed by atoms with Crippen LogP contribution in [0.3, 0.4) is 0 Å². The number of methoxy groups -OCH3 is 1. The Kier molecular flexibility index (Phi) is 6.91. The lowest BCUT2D eigenvalue weighted by Gasteiger charge is -2.14. The second kappa shape index (κ2) is 10.6. The number of aromatic nitrogens is 6. The lowest BCUT2D eigenvalue weighted by atomic mass is 10.1. The van der Waals surface area contributed by atoms with Crippen LogP contribution in [0.1, 0.15) is 54.6 Å². The zero-order chi connectivity index (χ0) is 28.7. The van der Waals surface area contributed by atoms with Crippen molar-refractivity contribution in [3.05, 3.63) is 59.9 Å². The van der Waals surface area contributed by atoms with E-state index in [1.54, 1.807) is 28.8 Å². The van der Waals surface area contributed by atoms with E-state index in [1.807, 2.05) is 0 Å². The van der Waals surface area contributed by atoms with Crippen LogP contribution in [-0.2, 0) is 12.8 Å². The Hall–Kier alpha value is -4.36. The van der Waals surface area contributed by atoms with Crippen molar-refractivity contribution < 1.29 is 36.2 Å². The molecule has 214 valence electrons. The number of rotatable bonds is 10. The molecule has 0 saturated heterocycles. The summed E-state index contributed by atoms with van der Waals surface area (Å²) in [6.07, 6.45) is 2.35. The highest BCUT2D eigenvalue weighted by Gasteiger charge is 2.37. The average Bonchev–Trinajstić information content (AvgIpc) is 3.89. The minimum absolute atomic E-state index is 0.0121. The van der Waals surface area contributed by atoms with Crippen LogP contribution < -0.4 is 14.2 Å². The molecule has 14 heteroatoms. The fourth-order valence-electron chi connectivity index (χ4n) is 4.43. The maximum Gasteiger partial charge on any atom is 0.434 e. The number of halogens is 5. The summed E-state index contributed by atoms with van der Waals surface area (Å²) < 4.78 is 83.5. The van der Waals surface area contributed by atoms with E-state index in [0.717, 1.165) is 31.9 Å². The fourth-order valence-corrected chi connectivity index (χ4v) is 4.43. The third-order valence-corrected chi connectivity index (χ3v) is 6.72. The normalized spacial score (nSPS) is 15.3. The Morgan fingerprint density at radius 2 is 1.73 bits per heavy atom. The molecule has 2 saturated carbocycles. The van der Waals surface area contributed by atoms with Gasteiger partial charge < -0.3 is 18.8 Å². The van der Waals surface area contributed by atoms with Gasteiger partial charge in [0, 0.05) is 23.7 Å². The maximum atomic E-state index is 13.3. The topological polar surface area (TPSA) is 97.1 Å². The highest BCUT2D eigenvalue weighted by Crippen LogP contribution is 2.46. The van der Waals surface area contributed by atoms with Gasteiger partial charge in [-0.3, -0.25) is 0 Å². The number of hydrogen-bond donors (Lipinski definition) is 0. The standard InChI is InChI=1S/C27H23F5N6O3/c1-39-18-10-33-22(20-21(15-6-7-15)34-13-35-25(20)41-26(28)29)37-24(18)40-12-14-2-4-16(5-3-14)23-36-19(27(30,31)32)11-38(23)17-8-9-17/h2-5,10-11,13,15,17,26H,6-9,12H2,1H3. The second-order valence-electron chi connectivity index (χ2n) is 9.73. The van der Waals surface area contributed by atoms with Crippen molar-refractivity contribution in [3.8, 4) is 40.3 Å². The van der Waals surface area contributed by atoms with E-state index in [-0.39, 0.29) is 53.3 Å². The molecule has 3 aromatic heterocycles. The summed E-state index contributed by atoms with van der Waals surface area (Å²) in [5.74, 6) is 0.285. The quantitative estimate of drug-likeness (QED) is 0.206. The molecule has 0 aliphatic heterocycles. The van der Waals surface area contributed by atoms with Crippen LogP contribution >= 0.6 is 0 Å². The minimum atomic E-state index is -4.53. The van der Waals surface area contributed by atoms with Crippen molar-refractivity contribution in [2.45, 2.75) is 57.0 Å². The van der Waals surface area contributed by atoms with Crippen molar-refractivity contribution in [2.24, 2.45) is 0 Å². The molecule has 4 aromatic rings. The van der Waals surface area contributed by atoms with Crippen molar-refractivity contribution in [1.29, 1.82) is 0 Å². The molecule has 2 fully saturated rings. The van der Waals surface area contributed by atoms with Crippen LogP contribution in [-0.4, -0.2) is 43.2 Å². The Labute approximate surface area is 230 Å². The number of hydrogen-bond acceptors (Lipinski definition) is 8. The molecule has 9 nitrogen and oxygen atoms in total. The number of benzene rings is 1. The van der Waals surface area contributed by atoms with Gasteiger partial charge in [-0.05, 0) is 31.2 Å². The van der Waals surface area contributed by atoms with Crippen molar-refractivity contribution in [1.82, 2.24) is 29.5 Å². The molecular formula is C27H23F5N6O3. The molecule has 6 rings (SSSR count). The highest BCUT2D eigenvalue weighted by molar-refractivity contribution is 5.66. The molecule has 0 spiro atoms. The average molecular weight is 575 g/mol. The summed E-state index contributed by atoms with van der Waals surface area (Å²) in [4.78, 5) is 20.6. The van der Waals surface area contributed by atoms with E-state index < -0.39 is 18.5 Å². The first-order valence-electron chi connectivity index (χ1n) is 12.8. The summed E-state index contributed by atoms with van der Waals surface area (Å²) in [5, 5.41) is 0. The van der Waals surface area contributed by atoms with Gasteiger partial charge in [-0.25, -0.2) is 19.9 Å². The van der Waals surface area contributed by atoms with Gasteiger partial charge in [0.15, 0.2) is 17.3 Å². The summed E-state index contributed by atoms with van der Waals surface area (Å²) in [6.45, 7) is -3.07. The molecule has 1 aromatic carbocycles. The first-order valence-corrected chi connectivity index (χ1v) is 12.8. The summed E-state index contributed by atoms with van der Waals surface area (Å²) in [5.41, 5.74) is 0.993. The fraction of sp³-hybridized carbons (Fsp3) is 0.370. The van der Waals surface area contributed by atoms with Gasteiger partial charge in [0.1, 0.15) is 24.3 Å². The van der Waals surface area contributed by atoms with E-state index >= 15 is 0 Å². The Morgan fingerprint density at radius 3 is 2.37 bits per heavy atom. The molecule has 2 aliphatic carbocycles. The maximum absolute atomic E-state index is 13.3. The monoisotopic (exact) mass is 574 g/mol. The molecule has 0 radical (unpaired) electrons. The molecule has 41 heavy (non-hydrogen) atoms. The summed E-state index contributed by atoms with van der Waals surface area (Å²) in [7, 11) is 1.41. The third-order valence-electron chi connectivity index (χ3n) is 6.72. The van der Waals surface area contributed by atoms with Crippen molar-refractivity contribution >= 4 is 0 Å². The number of nitrogens with zero attached hydrogens (tertiary/aromatic N) is 6. The highest BCUT2D eigenvalue weighted by atomic mass is 19.4. The van der Waals surface area contributed by atoms with Gasteiger partial charge >= 0.3 is 12.8 Å². The molecule has 0 amide bonds. The van der Waals surface area contributed by atoms with Crippen LogP contribution in [0.2, 0.25) is 0 Å². The molecule has 0 bridgehead atoms. The van der Waals surface area contributed by atoms with Gasteiger partial charge in [-0.1, -0.05) is 24.3 Å². The van der Waals surface area contributed by atoms with E-state index in [0.29, 0.717) is 16.8 Å². The summed E-state index contributed by atoms with van der Waals surface area (Å²) >= 11 is 0. The van der Waals surface area contributed by atoms with Crippen molar-refractivity contribution in [2.75, 3.05) is 7.11 Å². The third kappa shape index (κ3) is 5.77. The van der Waals surface area contributed by atoms with Gasteiger partial charge in [-0.15, -0.1) is 0 Å². The van der Waals surface area contributed by atoms with Crippen LogP contribution in [0.15, 0.2) is 43.0 Å². The van der Waals surface area contributed by atoms with Crippen LogP contribution in [0.5, 0.6) is 17.5 Å². The number of ether oxygens (including phenoxy) is 3. The summed E-state index contributed by atoms with van der Waals surface area (Å²) in [6, 6.07) is 6.81. The molecule has 2 aliphatic rings. The molecule has 0 unspecified atom stereocenters. The van der Waals surface area contributed by atoms with E-state index in [2.05, 4.69) is 29.7 Å². The van der Waals surface area contributed by atoms with Crippen LogP contribution in [0, 0.1) is 0 Å². The molecule has 0 N–H and O–H groups in total. The van der Waals surface area contributed by atoms with Gasteiger partial charge in [0.25, 0.3) is 5.88 Å². The number of imidazole rings is 1. The first kappa shape index (κ1) is 26.8. The van der Waals surface area contributed by atoms with Crippen LogP contribution in [0.25, 0.3) is 22.8 Å². The predicted molar refractivity (Wildman–Crippen MR) is 133 cm³/mol. The Bertz CT molecular complexity index is 1550. The van der Waals surface area contributed by atoms with Gasteiger partial charge in [0.05, 0.1) is 19.0 Å². The molecule has 3 heterocycles. The number of alkyl halides is 5. The second-order valence-corrected chi connectivity index (χ2v) is 9.73. The zero-order valence-corrected chi connectivity index (χ0v) is 21.6. The zero-order valence-electron chi connectivity index (χ0n) is 21.6.